The highest BCUT2D eigenvalue weighted by atomic mass is 16.4. The Morgan fingerprint density at radius 3 is 2.27 bits per heavy atom. The van der Waals surface area contributed by atoms with Gasteiger partial charge in [0.15, 0.2) is 0 Å². The fourth-order valence-electron chi connectivity index (χ4n) is 0.999. The van der Waals surface area contributed by atoms with Gasteiger partial charge in [-0.1, -0.05) is 11.6 Å². The molecular formula is C9H16O2. The molecule has 2 heteroatoms. The van der Waals surface area contributed by atoms with Crippen molar-refractivity contribution in [1.29, 1.82) is 0 Å². The van der Waals surface area contributed by atoms with Crippen LogP contribution in [-0.2, 0) is 4.79 Å². The standard InChI is InChI=1S/C7H12.C2H4O2/c1-7-5-3-2-4-6-7;1-2(3)4/h5H,2-4,6H2,1H3;1H3,(H,3,4). The molecule has 0 saturated heterocycles. The van der Waals surface area contributed by atoms with Gasteiger partial charge in [0.05, 0.1) is 0 Å². The van der Waals surface area contributed by atoms with E-state index < -0.39 is 5.97 Å². The van der Waals surface area contributed by atoms with Crippen molar-refractivity contribution in [3.8, 4) is 0 Å². The van der Waals surface area contributed by atoms with E-state index in [0.29, 0.717) is 0 Å². The predicted molar refractivity (Wildman–Crippen MR) is 45.5 cm³/mol. The summed E-state index contributed by atoms with van der Waals surface area (Å²) in [4.78, 5) is 9.00. The summed E-state index contributed by atoms with van der Waals surface area (Å²) in [6.45, 7) is 3.30. The second-order valence-corrected chi connectivity index (χ2v) is 2.82. The van der Waals surface area contributed by atoms with Gasteiger partial charge in [0.2, 0.25) is 0 Å². The Morgan fingerprint density at radius 2 is 2.09 bits per heavy atom. The lowest BCUT2D eigenvalue weighted by Crippen LogP contribution is -1.85. The van der Waals surface area contributed by atoms with Crippen LogP contribution in [0.3, 0.4) is 0 Å². The van der Waals surface area contributed by atoms with Gasteiger partial charge in [-0.2, -0.15) is 0 Å². The number of allylic oxidation sites excluding steroid dienone is 2. The number of aliphatic carboxylic acids is 1. The maximum atomic E-state index is 9.00. The highest BCUT2D eigenvalue weighted by molar-refractivity contribution is 5.62. The van der Waals surface area contributed by atoms with Crippen molar-refractivity contribution in [3.05, 3.63) is 11.6 Å². The quantitative estimate of drug-likeness (QED) is 0.547. The van der Waals surface area contributed by atoms with Gasteiger partial charge in [0.1, 0.15) is 0 Å². The van der Waals surface area contributed by atoms with Crippen LogP contribution >= 0.6 is 0 Å². The van der Waals surface area contributed by atoms with Crippen LogP contribution in [0.15, 0.2) is 11.6 Å². The van der Waals surface area contributed by atoms with Crippen LogP contribution in [0, 0.1) is 0 Å². The molecule has 1 aliphatic carbocycles. The molecule has 1 rings (SSSR count). The Hall–Kier alpha value is -0.790. The summed E-state index contributed by atoms with van der Waals surface area (Å²) in [7, 11) is 0. The summed E-state index contributed by atoms with van der Waals surface area (Å²) in [6, 6.07) is 0. The molecule has 0 aromatic rings. The SMILES string of the molecule is CC(=O)O.CC1=CCCCC1. The number of hydrogen-bond donors (Lipinski definition) is 1. The molecule has 0 heterocycles. The van der Waals surface area contributed by atoms with Crippen molar-refractivity contribution in [2.24, 2.45) is 0 Å². The third kappa shape index (κ3) is 9.21. The monoisotopic (exact) mass is 156 g/mol. The van der Waals surface area contributed by atoms with Gasteiger partial charge in [-0.25, -0.2) is 0 Å². The van der Waals surface area contributed by atoms with Crippen molar-refractivity contribution in [1.82, 2.24) is 0 Å². The van der Waals surface area contributed by atoms with Crippen LogP contribution in [0.1, 0.15) is 39.5 Å². The van der Waals surface area contributed by atoms with Crippen molar-refractivity contribution >= 4 is 5.97 Å². The van der Waals surface area contributed by atoms with E-state index in [2.05, 4.69) is 13.0 Å². The van der Waals surface area contributed by atoms with E-state index in [1.807, 2.05) is 0 Å². The first-order valence-corrected chi connectivity index (χ1v) is 3.98. The largest absolute Gasteiger partial charge is 0.481 e. The molecule has 1 aliphatic rings. The second-order valence-electron chi connectivity index (χ2n) is 2.82. The van der Waals surface area contributed by atoms with Crippen LogP contribution in [0.25, 0.3) is 0 Å². The van der Waals surface area contributed by atoms with Crippen molar-refractivity contribution in [2.75, 3.05) is 0 Å². The number of carboxylic acid groups (broad SMARTS) is 1. The van der Waals surface area contributed by atoms with Crippen LogP contribution in [0.5, 0.6) is 0 Å². The van der Waals surface area contributed by atoms with Crippen molar-refractivity contribution in [3.63, 3.8) is 0 Å². The molecule has 0 spiro atoms. The lowest BCUT2D eigenvalue weighted by molar-refractivity contribution is -0.134. The molecule has 0 unspecified atom stereocenters. The van der Waals surface area contributed by atoms with E-state index in [1.54, 1.807) is 5.57 Å². The van der Waals surface area contributed by atoms with Gasteiger partial charge < -0.3 is 5.11 Å². The van der Waals surface area contributed by atoms with E-state index in [4.69, 9.17) is 9.90 Å². The Bertz CT molecular complexity index is 144. The molecule has 0 aliphatic heterocycles. The molecule has 64 valence electrons. The normalized spacial score (nSPS) is 16.0. The maximum Gasteiger partial charge on any atom is 0.300 e. The average Bonchev–Trinajstić information content (AvgIpc) is 1.87. The number of hydrogen-bond acceptors (Lipinski definition) is 1. The highest BCUT2D eigenvalue weighted by Gasteiger charge is 1.95. The van der Waals surface area contributed by atoms with Crippen molar-refractivity contribution < 1.29 is 9.90 Å². The minimum atomic E-state index is -0.833. The zero-order valence-corrected chi connectivity index (χ0v) is 7.26. The number of carbonyl (C=O) groups is 1. The number of carboxylic acids is 1. The van der Waals surface area contributed by atoms with Crippen LogP contribution < -0.4 is 0 Å². The Labute approximate surface area is 67.9 Å². The lowest BCUT2D eigenvalue weighted by Gasteiger charge is -2.05. The Kier molecular flexibility index (Phi) is 5.53. The molecule has 0 fully saturated rings. The first-order chi connectivity index (χ1) is 5.13. The highest BCUT2D eigenvalue weighted by Crippen LogP contribution is 2.15. The maximum absolute atomic E-state index is 9.00. The number of rotatable bonds is 0. The van der Waals surface area contributed by atoms with Crippen LogP contribution in [0.4, 0.5) is 0 Å². The minimum Gasteiger partial charge on any atom is -0.481 e. The summed E-state index contributed by atoms with van der Waals surface area (Å²) >= 11 is 0. The third-order valence-corrected chi connectivity index (χ3v) is 1.52. The molecule has 0 atom stereocenters. The van der Waals surface area contributed by atoms with E-state index in [1.165, 1.54) is 25.7 Å². The van der Waals surface area contributed by atoms with E-state index >= 15 is 0 Å². The van der Waals surface area contributed by atoms with Gasteiger partial charge >= 0.3 is 0 Å². The van der Waals surface area contributed by atoms with Gasteiger partial charge in [-0.3, -0.25) is 4.79 Å². The summed E-state index contributed by atoms with van der Waals surface area (Å²) in [5.41, 5.74) is 1.59. The van der Waals surface area contributed by atoms with Crippen molar-refractivity contribution in [2.45, 2.75) is 39.5 Å². The minimum absolute atomic E-state index is 0.833. The fourth-order valence-corrected chi connectivity index (χ4v) is 0.999. The van der Waals surface area contributed by atoms with E-state index in [0.717, 1.165) is 6.92 Å². The van der Waals surface area contributed by atoms with Gasteiger partial charge in [0, 0.05) is 6.92 Å². The summed E-state index contributed by atoms with van der Waals surface area (Å²) in [5.74, 6) is -0.833. The predicted octanol–water partition coefficient (Wildman–Crippen LogP) is 2.60. The molecule has 0 amide bonds. The molecule has 1 N–H and O–H groups in total. The second kappa shape index (κ2) is 5.96. The Balaban J connectivity index is 0.000000218. The fraction of sp³-hybridized carbons (Fsp3) is 0.667. The molecule has 0 aromatic carbocycles. The van der Waals surface area contributed by atoms with E-state index in [-0.39, 0.29) is 0 Å². The molecule has 11 heavy (non-hydrogen) atoms. The van der Waals surface area contributed by atoms with Crippen LogP contribution in [-0.4, -0.2) is 11.1 Å². The lowest BCUT2D eigenvalue weighted by atomic mass is 10.0. The molecular weight excluding hydrogens is 140 g/mol. The molecule has 0 radical (unpaired) electrons. The van der Waals surface area contributed by atoms with Gasteiger partial charge in [-0.15, -0.1) is 0 Å². The first kappa shape index (κ1) is 10.2. The van der Waals surface area contributed by atoms with Crippen LogP contribution in [0.2, 0.25) is 0 Å². The molecule has 0 saturated carbocycles. The summed E-state index contributed by atoms with van der Waals surface area (Å²) in [6.07, 6.45) is 7.86. The Morgan fingerprint density at radius 1 is 1.55 bits per heavy atom. The smallest absolute Gasteiger partial charge is 0.300 e. The molecule has 0 aromatic heterocycles. The van der Waals surface area contributed by atoms with E-state index in [9.17, 15) is 0 Å². The average molecular weight is 156 g/mol. The third-order valence-electron chi connectivity index (χ3n) is 1.52. The first-order valence-electron chi connectivity index (χ1n) is 3.98. The summed E-state index contributed by atoms with van der Waals surface area (Å²) < 4.78 is 0. The zero-order valence-electron chi connectivity index (χ0n) is 7.26. The van der Waals surface area contributed by atoms with Gasteiger partial charge in [0.25, 0.3) is 5.97 Å². The molecule has 0 bridgehead atoms. The zero-order chi connectivity index (χ0) is 8.69. The topological polar surface area (TPSA) is 37.3 Å². The molecule has 2 nitrogen and oxygen atoms in total. The summed E-state index contributed by atoms with van der Waals surface area (Å²) in [5, 5.41) is 7.42. The van der Waals surface area contributed by atoms with Gasteiger partial charge in [-0.05, 0) is 32.6 Å².